The largest absolute Gasteiger partial charge is 0.495 e. The summed E-state index contributed by atoms with van der Waals surface area (Å²) in [5, 5.41) is 4.01. The van der Waals surface area contributed by atoms with Gasteiger partial charge in [0.2, 0.25) is 10.0 Å². The van der Waals surface area contributed by atoms with Crippen LogP contribution in [0.15, 0.2) is 46.0 Å². The minimum atomic E-state index is -3.62. The van der Waals surface area contributed by atoms with Crippen LogP contribution in [0.3, 0.4) is 0 Å². The molecule has 20 heavy (non-hydrogen) atoms. The highest BCUT2D eigenvalue weighted by Crippen LogP contribution is 2.26. The molecular formula is C12H14BrN3O3S. The Kier molecular flexibility index (Phi) is 4.79. The van der Waals surface area contributed by atoms with E-state index < -0.39 is 10.0 Å². The van der Waals surface area contributed by atoms with Gasteiger partial charge in [0.1, 0.15) is 10.6 Å². The normalized spacial score (nSPS) is 11.5. The smallest absolute Gasteiger partial charge is 0.244 e. The Morgan fingerprint density at radius 3 is 2.90 bits per heavy atom. The van der Waals surface area contributed by atoms with E-state index in [0.29, 0.717) is 16.8 Å². The summed E-state index contributed by atoms with van der Waals surface area (Å²) < 4.78 is 34.4. The number of methoxy groups -OCH3 is 1. The van der Waals surface area contributed by atoms with Gasteiger partial charge in [-0.1, -0.05) is 15.9 Å². The second-order valence-electron chi connectivity index (χ2n) is 3.96. The van der Waals surface area contributed by atoms with Gasteiger partial charge in [-0.3, -0.25) is 4.68 Å². The number of sulfonamides is 1. The first-order valence-electron chi connectivity index (χ1n) is 5.83. The van der Waals surface area contributed by atoms with Crippen LogP contribution in [-0.2, 0) is 16.6 Å². The van der Waals surface area contributed by atoms with E-state index in [1.54, 1.807) is 35.3 Å². The number of hydrogen-bond acceptors (Lipinski definition) is 4. The van der Waals surface area contributed by atoms with Crippen molar-refractivity contribution in [3.8, 4) is 5.75 Å². The van der Waals surface area contributed by atoms with Crippen LogP contribution in [0, 0.1) is 0 Å². The fraction of sp³-hybridized carbons (Fsp3) is 0.250. The zero-order valence-corrected chi connectivity index (χ0v) is 13.2. The minimum absolute atomic E-state index is 0.106. The predicted octanol–water partition coefficient (Wildman–Crippen LogP) is 1.63. The lowest BCUT2D eigenvalue weighted by molar-refractivity contribution is 0.402. The topological polar surface area (TPSA) is 73.2 Å². The summed E-state index contributed by atoms with van der Waals surface area (Å²) in [7, 11) is -2.19. The van der Waals surface area contributed by atoms with E-state index in [4.69, 9.17) is 4.74 Å². The summed E-state index contributed by atoms with van der Waals surface area (Å²) in [6, 6.07) is 6.62. The Morgan fingerprint density at radius 1 is 1.45 bits per heavy atom. The molecule has 0 aliphatic carbocycles. The molecule has 8 heteroatoms. The summed E-state index contributed by atoms with van der Waals surface area (Å²) >= 11 is 3.26. The lowest BCUT2D eigenvalue weighted by atomic mass is 10.3. The molecule has 0 aliphatic rings. The molecule has 0 fully saturated rings. The van der Waals surface area contributed by atoms with Gasteiger partial charge in [0, 0.05) is 23.4 Å². The maximum Gasteiger partial charge on any atom is 0.244 e. The second-order valence-corrected chi connectivity index (χ2v) is 6.61. The van der Waals surface area contributed by atoms with Gasteiger partial charge in [0.25, 0.3) is 0 Å². The maximum absolute atomic E-state index is 12.3. The number of nitrogens with zero attached hydrogens (tertiary/aromatic N) is 2. The summed E-state index contributed by atoms with van der Waals surface area (Å²) in [6.07, 6.45) is 3.42. The number of halogens is 1. The third-order valence-corrected chi connectivity index (χ3v) is 4.58. The predicted molar refractivity (Wildman–Crippen MR) is 78.1 cm³/mol. The first-order valence-corrected chi connectivity index (χ1v) is 8.11. The average molecular weight is 360 g/mol. The molecule has 6 nitrogen and oxygen atoms in total. The minimum Gasteiger partial charge on any atom is -0.495 e. The quantitative estimate of drug-likeness (QED) is 0.850. The fourth-order valence-electron chi connectivity index (χ4n) is 1.67. The Labute approximate surface area is 125 Å². The van der Waals surface area contributed by atoms with Crippen LogP contribution in [0.25, 0.3) is 0 Å². The number of rotatable bonds is 6. The zero-order chi connectivity index (χ0) is 14.6. The Morgan fingerprint density at radius 2 is 2.25 bits per heavy atom. The molecule has 1 aromatic carbocycles. The lowest BCUT2D eigenvalue weighted by Gasteiger charge is -2.11. The van der Waals surface area contributed by atoms with Gasteiger partial charge in [-0.25, -0.2) is 13.1 Å². The second kappa shape index (κ2) is 6.38. The van der Waals surface area contributed by atoms with Crippen molar-refractivity contribution < 1.29 is 13.2 Å². The van der Waals surface area contributed by atoms with E-state index in [1.165, 1.54) is 13.2 Å². The van der Waals surface area contributed by atoms with Crippen molar-refractivity contribution in [2.45, 2.75) is 11.4 Å². The Bertz CT molecular complexity index is 671. The zero-order valence-electron chi connectivity index (χ0n) is 10.8. The molecule has 1 heterocycles. The molecule has 1 N–H and O–H groups in total. The number of benzene rings is 1. The van der Waals surface area contributed by atoms with Crippen LogP contribution < -0.4 is 9.46 Å². The number of aromatic nitrogens is 2. The number of hydrogen-bond donors (Lipinski definition) is 1. The van der Waals surface area contributed by atoms with Crippen molar-refractivity contribution in [3.05, 3.63) is 41.1 Å². The molecule has 0 atom stereocenters. The van der Waals surface area contributed by atoms with Gasteiger partial charge < -0.3 is 4.74 Å². The summed E-state index contributed by atoms with van der Waals surface area (Å²) in [5.41, 5.74) is 0. The lowest BCUT2D eigenvalue weighted by Crippen LogP contribution is -2.28. The third-order valence-electron chi connectivity index (χ3n) is 2.61. The van der Waals surface area contributed by atoms with Gasteiger partial charge in [0.05, 0.1) is 13.7 Å². The Hall–Kier alpha value is -1.38. The number of nitrogens with one attached hydrogen (secondary N) is 1. The molecule has 0 saturated heterocycles. The molecule has 0 saturated carbocycles. The van der Waals surface area contributed by atoms with E-state index in [-0.39, 0.29) is 11.4 Å². The van der Waals surface area contributed by atoms with Crippen LogP contribution in [0.5, 0.6) is 5.75 Å². The van der Waals surface area contributed by atoms with Crippen molar-refractivity contribution in [2.75, 3.05) is 13.7 Å². The van der Waals surface area contributed by atoms with E-state index in [1.807, 2.05) is 0 Å². The Balaban J connectivity index is 2.11. The molecule has 0 unspecified atom stereocenters. The fourth-order valence-corrected chi connectivity index (χ4v) is 3.39. The molecule has 0 aliphatic heterocycles. The summed E-state index contributed by atoms with van der Waals surface area (Å²) in [5.74, 6) is 0.305. The highest BCUT2D eigenvalue weighted by molar-refractivity contribution is 9.10. The SMILES string of the molecule is COc1ccc(Br)cc1S(=O)(=O)NCCn1cccn1. The highest BCUT2D eigenvalue weighted by Gasteiger charge is 2.19. The summed E-state index contributed by atoms with van der Waals surface area (Å²) in [4.78, 5) is 0.106. The van der Waals surface area contributed by atoms with E-state index in [9.17, 15) is 8.42 Å². The molecule has 2 rings (SSSR count). The molecule has 0 radical (unpaired) electrons. The van der Waals surface area contributed by atoms with Crippen LogP contribution in [0.2, 0.25) is 0 Å². The van der Waals surface area contributed by atoms with Crippen LogP contribution in [0.1, 0.15) is 0 Å². The monoisotopic (exact) mass is 359 g/mol. The maximum atomic E-state index is 12.3. The van der Waals surface area contributed by atoms with Crippen LogP contribution >= 0.6 is 15.9 Å². The first kappa shape index (κ1) is 15.0. The van der Waals surface area contributed by atoms with Crippen molar-refractivity contribution in [1.29, 1.82) is 0 Å². The molecule has 1 aromatic heterocycles. The molecule has 108 valence electrons. The van der Waals surface area contributed by atoms with E-state index in [0.717, 1.165) is 0 Å². The van der Waals surface area contributed by atoms with Crippen molar-refractivity contribution >= 4 is 26.0 Å². The molecule has 0 amide bonds. The van der Waals surface area contributed by atoms with E-state index in [2.05, 4.69) is 25.8 Å². The van der Waals surface area contributed by atoms with Gasteiger partial charge in [-0.2, -0.15) is 5.10 Å². The van der Waals surface area contributed by atoms with Crippen LogP contribution in [-0.4, -0.2) is 31.9 Å². The molecule has 2 aromatic rings. The van der Waals surface area contributed by atoms with Crippen molar-refractivity contribution in [1.82, 2.24) is 14.5 Å². The number of ether oxygens (including phenoxy) is 1. The highest BCUT2D eigenvalue weighted by atomic mass is 79.9. The van der Waals surface area contributed by atoms with E-state index >= 15 is 0 Å². The van der Waals surface area contributed by atoms with Gasteiger partial charge in [-0.15, -0.1) is 0 Å². The van der Waals surface area contributed by atoms with Crippen molar-refractivity contribution in [2.24, 2.45) is 0 Å². The standard InChI is InChI=1S/C12H14BrN3O3S/c1-19-11-4-3-10(13)9-12(11)20(17,18)15-6-8-16-7-2-5-14-16/h2-5,7,9,15H,6,8H2,1H3. The third kappa shape index (κ3) is 3.59. The molecule has 0 spiro atoms. The van der Waals surface area contributed by atoms with Gasteiger partial charge in [-0.05, 0) is 24.3 Å². The van der Waals surface area contributed by atoms with Gasteiger partial charge in [0.15, 0.2) is 0 Å². The van der Waals surface area contributed by atoms with Crippen molar-refractivity contribution in [3.63, 3.8) is 0 Å². The van der Waals surface area contributed by atoms with Crippen LogP contribution in [0.4, 0.5) is 0 Å². The molecule has 0 bridgehead atoms. The van der Waals surface area contributed by atoms with Gasteiger partial charge >= 0.3 is 0 Å². The average Bonchev–Trinajstić information content (AvgIpc) is 2.91. The summed E-state index contributed by atoms with van der Waals surface area (Å²) in [6.45, 7) is 0.711. The molecular weight excluding hydrogens is 346 g/mol. The first-order chi connectivity index (χ1) is 9.53.